The van der Waals surface area contributed by atoms with Gasteiger partial charge in [0.1, 0.15) is 5.75 Å². The molecule has 0 aliphatic rings. The first kappa shape index (κ1) is 14.4. The molecule has 0 spiro atoms. The van der Waals surface area contributed by atoms with E-state index in [1.165, 1.54) is 41.3 Å². The molecule has 0 unspecified atom stereocenters. The monoisotopic (exact) mass is 287 g/mol. The lowest BCUT2D eigenvalue weighted by Gasteiger charge is -2.09. The fourth-order valence-corrected chi connectivity index (χ4v) is 1.50. The maximum Gasteiger partial charge on any atom is 0.335 e. The molecule has 0 saturated carbocycles. The maximum atomic E-state index is 11.6. The van der Waals surface area contributed by atoms with Crippen molar-refractivity contribution in [2.75, 3.05) is 14.1 Å². The average Bonchev–Trinajstić information content (AvgIpc) is 2.47. The van der Waals surface area contributed by atoms with Crippen LogP contribution in [0.1, 0.15) is 20.8 Å². The zero-order chi connectivity index (χ0) is 15.4. The van der Waals surface area contributed by atoms with Crippen LogP contribution < -0.4 is 4.74 Å². The summed E-state index contributed by atoms with van der Waals surface area (Å²) in [5.41, 5.74) is 0.383. The quantitative estimate of drug-likeness (QED) is 0.919. The number of aromatic nitrogens is 2. The first-order valence-electron chi connectivity index (χ1n) is 6.04. The lowest BCUT2D eigenvalue weighted by Crippen LogP contribution is -2.23. The number of rotatable bonds is 4. The van der Waals surface area contributed by atoms with Crippen LogP contribution in [0, 0.1) is 0 Å². The Morgan fingerprint density at radius 1 is 1.05 bits per heavy atom. The molecule has 0 fully saturated rings. The van der Waals surface area contributed by atoms with E-state index in [1.54, 1.807) is 14.1 Å². The van der Waals surface area contributed by atoms with E-state index < -0.39 is 5.97 Å². The van der Waals surface area contributed by atoms with E-state index in [4.69, 9.17) is 9.84 Å². The maximum absolute atomic E-state index is 11.6. The van der Waals surface area contributed by atoms with Crippen LogP contribution in [0.15, 0.2) is 36.4 Å². The van der Waals surface area contributed by atoms with Crippen LogP contribution >= 0.6 is 0 Å². The SMILES string of the molecule is CN(C)C(=O)c1ccc(Oc2ccc(C(=O)O)cc2)nn1. The third kappa shape index (κ3) is 3.53. The summed E-state index contributed by atoms with van der Waals surface area (Å²) in [7, 11) is 3.25. The molecule has 108 valence electrons. The van der Waals surface area contributed by atoms with E-state index >= 15 is 0 Å². The zero-order valence-electron chi connectivity index (χ0n) is 11.5. The van der Waals surface area contributed by atoms with Gasteiger partial charge in [-0.3, -0.25) is 4.79 Å². The molecule has 1 N–H and O–H groups in total. The molecule has 0 aliphatic carbocycles. The van der Waals surface area contributed by atoms with E-state index in [2.05, 4.69) is 10.2 Å². The highest BCUT2D eigenvalue weighted by Gasteiger charge is 2.10. The molecule has 1 aromatic carbocycles. The Hall–Kier alpha value is -2.96. The van der Waals surface area contributed by atoms with Crippen LogP contribution in [-0.4, -0.2) is 46.2 Å². The largest absolute Gasteiger partial charge is 0.478 e. The van der Waals surface area contributed by atoms with Crippen molar-refractivity contribution >= 4 is 11.9 Å². The van der Waals surface area contributed by atoms with Gasteiger partial charge < -0.3 is 14.7 Å². The van der Waals surface area contributed by atoms with Gasteiger partial charge in [0, 0.05) is 20.2 Å². The molecule has 0 radical (unpaired) electrons. The van der Waals surface area contributed by atoms with Crippen molar-refractivity contribution in [2.24, 2.45) is 0 Å². The second-order valence-corrected chi connectivity index (χ2v) is 4.39. The number of carboxylic acid groups (broad SMARTS) is 1. The Morgan fingerprint density at radius 2 is 1.71 bits per heavy atom. The minimum absolute atomic E-state index is 0.167. The van der Waals surface area contributed by atoms with Crippen LogP contribution in [0.5, 0.6) is 11.6 Å². The van der Waals surface area contributed by atoms with Crippen molar-refractivity contribution < 1.29 is 19.4 Å². The fourth-order valence-electron chi connectivity index (χ4n) is 1.50. The molecular weight excluding hydrogens is 274 g/mol. The molecule has 0 atom stereocenters. The number of hydrogen-bond donors (Lipinski definition) is 1. The number of carbonyl (C=O) groups is 2. The highest BCUT2D eigenvalue weighted by atomic mass is 16.5. The molecule has 2 rings (SSSR count). The molecule has 21 heavy (non-hydrogen) atoms. The number of benzene rings is 1. The summed E-state index contributed by atoms with van der Waals surface area (Å²) in [6.45, 7) is 0. The van der Waals surface area contributed by atoms with Crippen molar-refractivity contribution in [2.45, 2.75) is 0 Å². The van der Waals surface area contributed by atoms with Crippen LogP contribution in [0.2, 0.25) is 0 Å². The number of carbonyl (C=O) groups excluding carboxylic acids is 1. The van der Waals surface area contributed by atoms with Crippen molar-refractivity contribution in [3.8, 4) is 11.6 Å². The molecule has 2 aromatic rings. The number of hydrogen-bond acceptors (Lipinski definition) is 5. The van der Waals surface area contributed by atoms with Crippen LogP contribution in [0.3, 0.4) is 0 Å². The van der Waals surface area contributed by atoms with Gasteiger partial charge in [-0.15, -0.1) is 10.2 Å². The van der Waals surface area contributed by atoms with Gasteiger partial charge in [0.2, 0.25) is 5.88 Å². The summed E-state index contributed by atoms with van der Waals surface area (Å²) in [6, 6.07) is 8.92. The van der Waals surface area contributed by atoms with E-state index in [1.807, 2.05) is 0 Å². The minimum Gasteiger partial charge on any atom is -0.478 e. The summed E-state index contributed by atoms with van der Waals surface area (Å²) < 4.78 is 5.42. The number of amides is 1. The third-order valence-electron chi connectivity index (χ3n) is 2.59. The molecule has 1 heterocycles. The topological polar surface area (TPSA) is 92.6 Å². The van der Waals surface area contributed by atoms with Gasteiger partial charge in [-0.05, 0) is 30.3 Å². The zero-order valence-corrected chi connectivity index (χ0v) is 11.5. The Labute approximate surface area is 120 Å². The first-order valence-corrected chi connectivity index (χ1v) is 6.04. The van der Waals surface area contributed by atoms with Crippen molar-refractivity contribution in [1.82, 2.24) is 15.1 Å². The van der Waals surface area contributed by atoms with Gasteiger partial charge in [-0.1, -0.05) is 0 Å². The van der Waals surface area contributed by atoms with Crippen LogP contribution in [-0.2, 0) is 0 Å². The number of nitrogens with zero attached hydrogens (tertiary/aromatic N) is 3. The van der Waals surface area contributed by atoms with Gasteiger partial charge in [0.15, 0.2) is 5.69 Å². The van der Waals surface area contributed by atoms with E-state index in [0.717, 1.165) is 0 Å². The predicted octanol–water partition coefficient (Wildman–Crippen LogP) is 1.67. The highest BCUT2D eigenvalue weighted by Crippen LogP contribution is 2.19. The number of carboxylic acids is 1. The standard InChI is InChI=1S/C14H13N3O4/c1-17(2)13(18)11-7-8-12(16-15-11)21-10-5-3-9(4-6-10)14(19)20/h3-8H,1-2H3,(H,19,20). The second kappa shape index (κ2) is 6.00. The van der Waals surface area contributed by atoms with E-state index in [0.29, 0.717) is 5.75 Å². The molecular formula is C14H13N3O4. The minimum atomic E-state index is -1.01. The summed E-state index contributed by atoms with van der Waals surface area (Å²) in [5, 5.41) is 16.4. The van der Waals surface area contributed by atoms with E-state index in [9.17, 15) is 9.59 Å². The molecule has 1 amide bonds. The Kier molecular flexibility index (Phi) is 4.13. The summed E-state index contributed by atoms with van der Waals surface area (Å²) in [6.07, 6.45) is 0. The Balaban J connectivity index is 2.09. The average molecular weight is 287 g/mol. The van der Waals surface area contributed by atoms with Gasteiger partial charge in [0.25, 0.3) is 5.91 Å². The molecule has 1 aromatic heterocycles. The first-order chi connectivity index (χ1) is 9.97. The Morgan fingerprint density at radius 3 is 2.19 bits per heavy atom. The number of ether oxygens (including phenoxy) is 1. The number of aromatic carboxylic acids is 1. The Bertz CT molecular complexity index is 651. The summed E-state index contributed by atoms with van der Waals surface area (Å²) in [4.78, 5) is 23.8. The summed E-state index contributed by atoms with van der Waals surface area (Å²) >= 11 is 0. The normalized spacial score (nSPS) is 10.0. The smallest absolute Gasteiger partial charge is 0.335 e. The molecule has 0 saturated heterocycles. The van der Waals surface area contributed by atoms with E-state index in [-0.39, 0.29) is 23.0 Å². The van der Waals surface area contributed by atoms with Gasteiger partial charge in [-0.25, -0.2) is 4.79 Å². The lowest BCUT2D eigenvalue weighted by molar-refractivity contribution is 0.0696. The molecule has 0 aliphatic heterocycles. The van der Waals surface area contributed by atoms with Crippen LogP contribution in [0.25, 0.3) is 0 Å². The predicted molar refractivity (Wildman–Crippen MR) is 73.5 cm³/mol. The molecule has 7 heteroatoms. The van der Waals surface area contributed by atoms with Gasteiger partial charge >= 0.3 is 5.97 Å². The lowest BCUT2D eigenvalue weighted by atomic mass is 10.2. The summed E-state index contributed by atoms with van der Waals surface area (Å²) in [5.74, 6) is -0.609. The van der Waals surface area contributed by atoms with Crippen molar-refractivity contribution in [3.63, 3.8) is 0 Å². The molecule has 0 bridgehead atoms. The second-order valence-electron chi connectivity index (χ2n) is 4.39. The van der Waals surface area contributed by atoms with Crippen LogP contribution in [0.4, 0.5) is 0 Å². The van der Waals surface area contributed by atoms with Crippen molar-refractivity contribution in [1.29, 1.82) is 0 Å². The van der Waals surface area contributed by atoms with Crippen molar-refractivity contribution in [3.05, 3.63) is 47.7 Å². The molecule has 7 nitrogen and oxygen atoms in total. The van der Waals surface area contributed by atoms with Gasteiger partial charge in [0.05, 0.1) is 5.56 Å². The van der Waals surface area contributed by atoms with Gasteiger partial charge in [-0.2, -0.15) is 0 Å². The fraction of sp³-hybridized carbons (Fsp3) is 0.143. The third-order valence-corrected chi connectivity index (χ3v) is 2.59. The highest BCUT2D eigenvalue weighted by molar-refractivity contribution is 5.91.